The molecule has 0 fully saturated rings. The molecule has 6 heteroatoms. The fourth-order valence-corrected chi connectivity index (χ4v) is 1.76. The van der Waals surface area contributed by atoms with Gasteiger partial charge in [-0.2, -0.15) is 11.8 Å². The van der Waals surface area contributed by atoms with Crippen molar-refractivity contribution in [3.8, 4) is 0 Å². The molecule has 0 aromatic heterocycles. The van der Waals surface area contributed by atoms with Crippen molar-refractivity contribution in [3.63, 3.8) is 0 Å². The van der Waals surface area contributed by atoms with Crippen LogP contribution in [0.2, 0.25) is 0 Å². The van der Waals surface area contributed by atoms with Gasteiger partial charge in [0.1, 0.15) is 0 Å². The molecule has 0 aliphatic rings. The van der Waals surface area contributed by atoms with Gasteiger partial charge in [0, 0.05) is 30.9 Å². The molecule has 0 amide bonds. The average Bonchev–Trinajstić information content (AvgIpc) is 2.41. The molecule has 0 spiro atoms. The van der Waals surface area contributed by atoms with E-state index in [0.29, 0.717) is 6.04 Å². The van der Waals surface area contributed by atoms with Gasteiger partial charge in [-0.1, -0.05) is 0 Å². The summed E-state index contributed by atoms with van der Waals surface area (Å²) >= 11 is 1.87. The predicted octanol–water partition coefficient (Wildman–Crippen LogP) is 3.03. The monoisotopic (exact) mass is 430 g/mol. The second-order valence-electron chi connectivity index (χ2n) is 6.10. The van der Waals surface area contributed by atoms with Crippen molar-refractivity contribution in [3.05, 3.63) is 0 Å². The number of guanidine groups is 1. The number of hydrogen-bond donors (Lipinski definition) is 2. The van der Waals surface area contributed by atoms with E-state index in [-0.39, 0.29) is 28.7 Å². The SMILES string of the molecule is CN=C(NCCCCN(C)C(C)C)NCC(C)(C)SC.I. The van der Waals surface area contributed by atoms with Crippen molar-refractivity contribution in [1.29, 1.82) is 0 Å². The number of thioether (sulfide) groups is 1. The van der Waals surface area contributed by atoms with E-state index in [2.05, 4.69) is 61.5 Å². The van der Waals surface area contributed by atoms with Crippen LogP contribution in [0.3, 0.4) is 0 Å². The summed E-state index contributed by atoms with van der Waals surface area (Å²) in [5, 5.41) is 6.77. The molecule has 0 unspecified atom stereocenters. The summed E-state index contributed by atoms with van der Waals surface area (Å²) in [6, 6.07) is 0.631. The van der Waals surface area contributed by atoms with Crippen molar-refractivity contribution < 1.29 is 0 Å². The van der Waals surface area contributed by atoms with E-state index in [9.17, 15) is 0 Å². The quantitative estimate of drug-likeness (QED) is 0.255. The Balaban J connectivity index is 0. The Morgan fingerprint density at radius 1 is 1.24 bits per heavy atom. The van der Waals surface area contributed by atoms with Crippen LogP contribution in [0.4, 0.5) is 0 Å². The van der Waals surface area contributed by atoms with Crippen molar-refractivity contribution >= 4 is 41.7 Å². The Bertz CT molecular complexity index is 283. The van der Waals surface area contributed by atoms with Crippen molar-refractivity contribution in [1.82, 2.24) is 15.5 Å². The summed E-state index contributed by atoms with van der Waals surface area (Å²) in [7, 11) is 4.01. The zero-order chi connectivity index (χ0) is 15.6. The van der Waals surface area contributed by atoms with Crippen molar-refractivity contribution in [2.75, 3.05) is 40.0 Å². The molecule has 21 heavy (non-hydrogen) atoms. The Morgan fingerprint density at radius 3 is 2.33 bits per heavy atom. The van der Waals surface area contributed by atoms with Crippen LogP contribution in [0, 0.1) is 0 Å². The zero-order valence-electron chi connectivity index (χ0n) is 14.8. The van der Waals surface area contributed by atoms with E-state index in [1.807, 2.05) is 18.8 Å². The van der Waals surface area contributed by atoms with E-state index in [4.69, 9.17) is 0 Å². The lowest BCUT2D eigenvalue weighted by molar-refractivity contribution is 0.268. The number of nitrogens with one attached hydrogen (secondary N) is 2. The molecule has 0 aromatic rings. The fraction of sp³-hybridized carbons (Fsp3) is 0.933. The Morgan fingerprint density at radius 2 is 1.86 bits per heavy atom. The number of rotatable bonds is 9. The van der Waals surface area contributed by atoms with Gasteiger partial charge in [0.05, 0.1) is 0 Å². The molecular formula is C15H35IN4S. The normalized spacial score (nSPS) is 12.5. The molecule has 0 rings (SSSR count). The smallest absolute Gasteiger partial charge is 0.191 e. The maximum atomic E-state index is 4.26. The molecule has 0 heterocycles. The van der Waals surface area contributed by atoms with Crippen LogP contribution in [0.1, 0.15) is 40.5 Å². The van der Waals surface area contributed by atoms with Crippen LogP contribution in [0.25, 0.3) is 0 Å². The highest BCUT2D eigenvalue weighted by Gasteiger charge is 2.15. The highest BCUT2D eigenvalue weighted by molar-refractivity contribution is 14.0. The highest BCUT2D eigenvalue weighted by atomic mass is 127. The standard InChI is InChI=1S/C15H34N4S.HI/c1-13(2)19(6)11-9-8-10-17-14(16-5)18-12-15(3,4)20-7;/h13H,8-12H2,1-7H3,(H2,16,17,18);1H. The Labute approximate surface area is 153 Å². The van der Waals surface area contributed by atoms with Crippen LogP contribution in [0.5, 0.6) is 0 Å². The summed E-state index contributed by atoms with van der Waals surface area (Å²) in [6.07, 6.45) is 4.53. The molecule has 0 saturated carbocycles. The number of hydrogen-bond acceptors (Lipinski definition) is 3. The lowest BCUT2D eigenvalue weighted by Crippen LogP contribution is -2.43. The summed E-state index contributed by atoms with van der Waals surface area (Å²) < 4.78 is 0.234. The first kappa shape index (κ1) is 23.6. The summed E-state index contributed by atoms with van der Waals surface area (Å²) in [5.41, 5.74) is 0. The minimum Gasteiger partial charge on any atom is -0.356 e. The van der Waals surface area contributed by atoms with Crippen molar-refractivity contribution in [2.45, 2.75) is 51.3 Å². The van der Waals surface area contributed by atoms with E-state index >= 15 is 0 Å². The first-order valence-corrected chi connectivity index (χ1v) is 8.74. The van der Waals surface area contributed by atoms with Crippen LogP contribution >= 0.6 is 35.7 Å². The first-order chi connectivity index (χ1) is 9.32. The largest absolute Gasteiger partial charge is 0.356 e. The van der Waals surface area contributed by atoms with Gasteiger partial charge >= 0.3 is 0 Å². The number of nitrogens with zero attached hydrogens (tertiary/aromatic N) is 2. The van der Waals surface area contributed by atoms with Gasteiger partial charge in [0.25, 0.3) is 0 Å². The molecule has 128 valence electrons. The topological polar surface area (TPSA) is 39.7 Å². The third-order valence-electron chi connectivity index (χ3n) is 3.57. The summed E-state index contributed by atoms with van der Waals surface area (Å²) in [4.78, 5) is 6.64. The molecule has 0 bridgehead atoms. The average molecular weight is 430 g/mol. The van der Waals surface area contributed by atoms with Crippen LogP contribution in [-0.2, 0) is 0 Å². The molecule has 2 N–H and O–H groups in total. The van der Waals surface area contributed by atoms with Gasteiger partial charge in [0.15, 0.2) is 5.96 Å². The van der Waals surface area contributed by atoms with Gasteiger partial charge in [-0.05, 0) is 60.4 Å². The van der Waals surface area contributed by atoms with Crippen LogP contribution < -0.4 is 10.6 Å². The van der Waals surface area contributed by atoms with E-state index in [0.717, 1.165) is 25.6 Å². The predicted molar refractivity (Wildman–Crippen MR) is 109 cm³/mol. The summed E-state index contributed by atoms with van der Waals surface area (Å²) in [5.74, 6) is 0.907. The first-order valence-electron chi connectivity index (χ1n) is 7.52. The van der Waals surface area contributed by atoms with Gasteiger partial charge < -0.3 is 15.5 Å². The van der Waals surface area contributed by atoms with Crippen LogP contribution in [-0.4, -0.2) is 61.6 Å². The fourth-order valence-electron chi connectivity index (χ4n) is 1.54. The molecule has 4 nitrogen and oxygen atoms in total. The molecule has 0 aliphatic heterocycles. The second kappa shape index (κ2) is 12.8. The van der Waals surface area contributed by atoms with Gasteiger partial charge in [0.2, 0.25) is 0 Å². The molecular weight excluding hydrogens is 395 g/mol. The maximum absolute atomic E-state index is 4.26. The zero-order valence-corrected chi connectivity index (χ0v) is 18.0. The number of halogens is 1. The van der Waals surface area contributed by atoms with Gasteiger partial charge in [-0.15, -0.1) is 24.0 Å². The maximum Gasteiger partial charge on any atom is 0.191 e. The van der Waals surface area contributed by atoms with E-state index in [1.54, 1.807) is 0 Å². The third-order valence-corrected chi connectivity index (χ3v) is 4.82. The molecule has 0 saturated heterocycles. The summed E-state index contributed by atoms with van der Waals surface area (Å²) in [6.45, 7) is 12.0. The Kier molecular flexibility index (Phi) is 14.4. The lowest BCUT2D eigenvalue weighted by Gasteiger charge is -2.24. The van der Waals surface area contributed by atoms with E-state index in [1.165, 1.54) is 12.8 Å². The minimum absolute atomic E-state index is 0. The molecule has 0 atom stereocenters. The highest BCUT2D eigenvalue weighted by Crippen LogP contribution is 2.19. The van der Waals surface area contributed by atoms with Gasteiger partial charge in [-0.25, -0.2) is 0 Å². The number of unbranched alkanes of at least 4 members (excludes halogenated alkanes) is 1. The molecule has 0 aromatic carbocycles. The number of aliphatic imine (C=N–C) groups is 1. The molecule has 0 radical (unpaired) electrons. The van der Waals surface area contributed by atoms with E-state index < -0.39 is 0 Å². The van der Waals surface area contributed by atoms with Crippen LogP contribution in [0.15, 0.2) is 4.99 Å². The van der Waals surface area contributed by atoms with Gasteiger partial charge in [-0.3, -0.25) is 4.99 Å². The second-order valence-corrected chi connectivity index (χ2v) is 7.61. The lowest BCUT2D eigenvalue weighted by atomic mass is 10.2. The van der Waals surface area contributed by atoms with Crippen molar-refractivity contribution in [2.24, 2.45) is 4.99 Å². The third kappa shape index (κ3) is 12.5. The minimum atomic E-state index is 0. The molecule has 0 aliphatic carbocycles. The Hall–Kier alpha value is 0.310.